The van der Waals surface area contributed by atoms with Crippen molar-refractivity contribution < 1.29 is 27.9 Å². The lowest BCUT2D eigenvalue weighted by Gasteiger charge is -2.16. The van der Waals surface area contributed by atoms with Gasteiger partial charge in [0.1, 0.15) is 0 Å². The molecule has 0 fully saturated rings. The fraction of sp³-hybridized carbons (Fsp3) is 0.176. The Hall–Kier alpha value is -2.83. The smallest absolute Gasteiger partial charge is 0.395 e. The average molecular weight is 337 g/mol. The number of amides is 1. The van der Waals surface area contributed by atoms with Crippen LogP contribution in [-0.2, 0) is 0 Å². The van der Waals surface area contributed by atoms with Crippen LogP contribution in [0.2, 0.25) is 0 Å². The molecule has 24 heavy (non-hydrogen) atoms. The van der Waals surface area contributed by atoms with E-state index < -0.39 is 24.0 Å². The van der Waals surface area contributed by atoms with E-state index in [0.29, 0.717) is 0 Å². The van der Waals surface area contributed by atoms with E-state index in [0.717, 1.165) is 6.92 Å². The summed E-state index contributed by atoms with van der Waals surface area (Å²) >= 11 is 0. The Morgan fingerprint density at radius 2 is 1.62 bits per heavy atom. The van der Waals surface area contributed by atoms with E-state index in [1.54, 1.807) is 6.07 Å². The maximum Gasteiger partial charge on any atom is 0.395 e. The first-order valence-corrected chi connectivity index (χ1v) is 7.00. The number of nitrogens with one attached hydrogen (secondary N) is 1. The molecule has 1 amide bonds. The van der Waals surface area contributed by atoms with Crippen molar-refractivity contribution in [3.8, 4) is 0 Å². The second-order valence-corrected chi connectivity index (χ2v) is 5.19. The van der Waals surface area contributed by atoms with Gasteiger partial charge >= 0.3 is 12.1 Å². The third-order valence-electron chi connectivity index (χ3n) is 3.57. The van der Waals surface area contributed by atoms with Crippen LogP contribution < -0.4 is 5.32 Å². The van der Waals surface area contributed by atoms with Gasteiger partial charge < -0.3 is 10.4 Å². The van der Waals surface area contributed by atoms with Gasteiger partial charge in [0, 0.05) is 5.56 Å². The Kier molecular flexibility index (Phi) is 4.92. The molecule has 0 aliphatic rings. The number of alkyl halides is 3. The summed E-state index contributed by atoms with van der Waals surface area (Å²) in [6.45, 7) is 1.04. The number of hydrogen-bond acceptors (Lipinski definition) is 2. The number of carbonyl (C=O) groups excluding carboxylic acids is 1. The van der Waals surface area contributed by atoms with Crippen LogP contribution in [0.4, 0.5) is 18.9 Å². The molecular formula is C17H14F3NO3. The lowest BCUT2D eigenvalue weighted by Crippen LogP contribution is -2.18. The highest BCUT2D eigenvalue weighted by Crippen LogP contribution is 2.34. The van der Waals surface area contributed by atoms with Gasteiger partial charge in [-0.15, -0.1) is 0 Å². The van der Waals surface area contributed by atoms with E-state index in [4.69, 9.17) is 5.11 Å². The summed E-state index contributed by atoms with van der Waals surface area (Å²) in [7, 11) is 0. The molecule has 0 heterocycles. The van der Waals surface area contributed by atoms with E-state index in [2.05, 4.69) is 5.32 Å². The zero-order valence-electron chi connectivity index (χ0n) is 12.6. The molecule has 0 spiro atoms. The summed E-state index contributed by atoms with van der Waals surface area (Å²) in [4.78, 5) is 23.2. The summed E-state index contributed by atoms with van der Waals surface area (Å²) in [6.07, 6.45) is -4.36. The highest BCUT2D eigenvalue weighted by Gasteiger charge is 2.36. The van der Waals surface area contributed by atoms with Gasteiger partial charge in [0.25, 0.3) is 5.91 Å². The number of para-hydroxylation sites is 1. The molecule has 0 saturated heterocycles. The highest BCUT2D eigenvalue weighted by atomic mass is 19.4. The molecule has 0 saturated carbocycles. The van der Waals surface area contributed by atoms with Gasteiger partial charge in [0.15, 0.2) is 0 Å². The van der Waals surface area contributed by atoms with E-state index in [1.165, 1.54) is 42.5 Å². The van der Waals surface area contributed by atoms with Crippen molar-refractivity contribution in [2.75, 3.05) is 5.32 Å². The molecule has 4 nitrogen and oxygen atoms in total. The van der Waals surface area contributed by atoms with Gasteiger partial charge in [-0.25, -0.2) is 4.79 Å². The second kappa shape index (κ2) is 6.74. The predicted molar refractivity (Wildman–Crippen MR) is 82.3 cm³/mol. The molecule has 7 heteroatoms. The van der Waals surface area contributed by atoms with Gasteiger partial charge in [0.2, 0.25) is 0 Å². The van der Waals surface area contributed by atoms with E-state index in [1.807, 2.05) is 0 Å². The first kappa shape index (κ1) is 17.5. The molecule has 0 aliphatic carbocycles. The van der Waals surface area contributed by atoms with Crippen molar-refractivity contribution in [1.82, 2.24) is 0 Å². The topological polar surface area (TPSA) is 66.4 Å². The fourth-order valence-electron chi connectivity index (χ4n) is 2.09. The van der Waals surface area contributed by atoms with Crippen molar-refractivity contribution in [2.45, 2.75) is 19.0 Å². The molecule has 1 unspecified atom stereocenters. The predicted octanol–water partition coefficient (Wildman–Crippen LogP) is 4.30. The molecule has 2 N–H and O–H groups in total. The molecular weight excluding hydrogens is 323 g/mol. The van der Waals surface area contributed by atoms with Gasteiger partial charge in [-0.3, -0.25) is 4.79 Å². The maximum atomic E-state index is 12.7. The van der Waals surface area contributed by atoms with Crippen LogP contribution in [-0.4, -0.2) is 23.2 Å². The molecule has 1 atom stereocenters. The summed E-state index contributed by atoms with van der Waals surface area (Å²) in [5.74, 6) is -3.43. The van der Waals surface area contributed by atoms with E-state index >= 15 is 0 Å². The van der Waals surface area contributed by atoms with Crippen molar-refractivity contribution >= 4 is 17.6 Å². The Morgan fingerprint density at radius 1 is 1.04 bits per heavy atom. The quantitative estimate of drug-likeness (QED) is 0.874. The third-order valence-corrected chi connectivity index (χ3v) is 3.57. The second-order valence-electron chi connectivity index (χ2n) is 5.19. The standard InChI is InChI=1S/C17H14F3NO3/c1-10(17(18,19)20)11-6-8-12(9-7-11)15(22)21-14-5-3-2-4-13(14)16(23)24/h2-10H,1H3,(H,21,22)(H,23,24). The fourth-order valence-corrected chi connectivity index (χ4v) is 2.09. The number of carboxylic acids is 1. The lowest BCUT2D eigenvalue weighted by molar-refractivity contribution is -0.146. The molecule has 0 aromatic heterocycles. The van der Waals surface area contributed by atoms with E-state index in [9.17, 15) is 22.8 Å². The van der Waals surface area contributed by atoms with Crippen molar-refractivity contribution in [3.05, 3.63) is 65.2 Å². The average Bonchev–Trinajstić information content (AvgIpc) is 2.53. The number of carboxylic acid groups (broad SMARTS) is 1. The van der Waals surface area contributed by atoms with Crippen LogP contribution in [0.25, 0.3) is 0 Å². The minimum absolute atomic E-state index is 0.0463. The van der Waals surface area contributed by atoms with Gasteiger partial charge in [-0.05, 0) is 36.8 Å². The molecule has 0 aliphatic heterocycles. The van der Waals surface area contributed by atoms with Gasteiger partial charge in [-0.1, -0.05) is 24.3 Å². The zero-order chi connectivity index (χ0) is 17.9. The number of anilines is 1. The molecule has 0 bridgehead atoms. The summed E-state index contributed by atoms with van der Waals surface area (Å²) in [6, 6.07) is 10.9. The van der Waals surface area contributed by atoms with Crippen LogP contribution >= 0.6 is 0 Å². The molecule has 126 valence electrons. The first-order valence-electron chi connectivity index (χ1n) is 7.00. The monoisotopic (exact) mass is 337 g/mol. The maximum absolute atomic E-state index is 12.7. The number of benzene rings is 2. The number of aromatic carboxylic acids is 1. The first-order chi connectivity index (χ1) is 11.2. The summed E-state index contributed by atoms with van der Waals surface area (Å²) in [5, 5.41) is 11.5. The van der Waals surface area contributed by atoms with Crippen molar-refractivity contribution in [1.29, 1.82) is 0 Å². The summed E-state index contributed by atoms with van der Waals surface area (Å²) in [5.41, 5.74) is 0.217. The number of hydrogen-bond donors (Lipinski definition) is 2. The lowest BCUT2D eigenvalue weighted by atomic mass is 9.99. The Bertz CT molecular complexity index is 754. The Morgan fingerprint density at radius 3 is 2.17 bits per heavy atom. The highest BCUT2D eigenvalue weighted by molar-refractivity contribution is 6.07. The number of rotatable bonds is 4. The van der Waals surface area contributed by atoms with Crippen LogP contribution in [0.3, 0.4) is 0 Å². The minimum atomic E-state index is -4.36. The van der Waals surface area contributed by atoms with Crippen LogP contribution in [0.15, 0.2) is 48.5 Å². The molecule has 2 aromatic rings. The van der Waals surface area contributed by atoms with Gasteiger partial charge in [0.05, 0.1) is 17.2 Å². The summed E-state index contributed by atoms with van der Waals surface area (Å²) < 4.78 is 38.0. The Balaban J connectivity index is 2.18. The normalized spacial score (nSPS) is 12.5. The van der Waals surface area contributed by atoms with Crippen LogP contribution in [0, 0.1) is 0 Å². The molecule has 2 aromatic carbocycles. The van der Waals surface area contributed by atoms with E-state index in [-0.39, 0.29) is 22.4 Å². The van der Waals surface area contributed by atoms with Crippen LogP contribution in [0.1, 0.15) is 39.1 Å². The SMILES string of the molecule is CC(c1ccc(C(=O)Nc2ccccc2C(=O)O)cc1)C(F)(F)F. The molecule has 2 rings (SSSR count). The number of carbonyl (C=O) groups is 2. The third kappa shape index (κ3) is 3.92. The Labute approximate surface area is 135 Å². The minimum Gasteiger partial charge on any atom is -0.478 e. The number of halogens is 3. The largest absolute Gasteiger partial charge is 0.478 e. The molecule has 0 radical (unpaired) electrons. The van der Waals surface area contributed by atoms with Crippen LogP contribution in [0.5, 0.6) is 0 Å². The van der Waals surface area contributed by atoms with Crippen molar-refractivity contribution in [3.63, 3.8) is 0 Å². The zero-order valence-corrected chi connectivity index (χ0v) is 12.6. The van der Waals surface area contributed by atoms with Crippen molar-refractivity contribution in [2.24, 2.45) is 0 Å². The van der Waals surface area contributed by atoms with Gasteiger partial charge in [-0.2, -0.15) is 13.2 Å².